The Labute approximate surface area is 163 Å². The van der Waals surface area contributed by atoms with Crippen LogP contribution < -0.4 is 5.56 Å². The molecule has 0 spiro atoms. The number of hydrogen-bond acceptors (Lipinski definition) is 4. The molecule has 1 saturated heterocycles. The molecule has 6 nitrogen and oxygen atoms in total. The van der Waals surface area contributed by atoms with Gasteiger partial charge < -0.3 is 10.0 Å². The number of carbonyl (C=O) groups is 1. The molecule has 27 heavy (non-hydrogen) atoms. The van der Waals surface area contributed by atoms with Crippen molar-refractivity contribution in [2.24, 2.45) is 0 Å². The number of halogens is 1. The van der Waals surface area contributed by atoms with Gasteiger partial charge in [0.1, 0.15) is 5.15 Å². The number of piperidine rings is 1. The summed E-state index contributed by atoms with van der Waals surface area (Å²) in [5, 5.41) is 11.0. The van der Waals surface area contributed by atoms with Crippen molar-refractivity contribution >= 4 is 17.5 Å². The lowest BCUT2D eigenvalue weighted by Crippen LogP contribution is -2.49. The average Bonchev–Trinajstić information content (AvgIpc) is 2.65. The monoisotopic (exact) mass is 389 g/mol. The lowest BCUT2D eigenvalue weighted by Gasteiger charge is -2.38. The number of amides is 1. The predicted octanol–water partition coefficient (Wildman–Crippen LogP) is 2.44. The largest absolute Gasteiger partial charge is 0.388 e. The summed E-state index contributed by atoms with van der Waals surface area (Å²) in [5.74, 6) is 0.247. The van der Waals surface area contributed by atoms with Crippen LogP contribution in [0.15, 0.2) is 47.5 Å². The van der Waals surface area contributed by atoms with Crippen molar-refractivity contribution < 1.29 is 9.90 Å². The summed E-state index contributed by atoms with van der Waals surface area (Å²) in [5.41, 5.74) is -0.172. The van der Waals surface area contributed by atoms with E-state index in [1.807, 2.05) is 37.3 Å². The van der Waals surface area contributed by atoms with Crippen molar-refractivity contribution in [1.82, 2.24) is 14.5 Å². The van der Waals surface area contributed by atoms with Gasteiger partial charge in [0.15, 0.2) is 0 Å². The third kappa shape index (κ3) is 4.96. The number of nitrogens with zero attached hydrogens (tertiary/aromatic N) is 3. The second-order valence-corrected chi connectivity index (χ2v) is 7.69. The molecule has 0 bridgehead atoms. The van der Waals surface area contributed by atoms with Crippen LogP contribution in [0, 0.1) is 0 Å². The minimum atomic E-state index is -1.03. The maximum atomic E-state index is 12.6. The second kappa shape index (κ2) is 8.23. The number of hydrogen-bond donors (Lipinski definition) is 1. The van der Waals surface area contributed by atoms with Crippen molar-refractivity contribution in [3.05, 3.63) is 63.8 Å². The second-order valence-electron chi connectivity index (χ2n) is 7.30. The van der Waals surface area contributed by atoms with Crippen molar-refractivity contribution in [2.75, 3.05) is 13.1 Å². The lowest BCUT2D eigenvalue weighted by molar-refractivity contribution is -0.136. The first-order chi connectivity index (χ1) is 12.9. The molecule has 1 N–H and O–H groups in total. The van der Waals surface area contributed by atoms with E-state index in [2.05, 4.69) is 4.98 Å². The summed E-state index contributed by atoms with van der Waals surface area (Å²) >= 11 is 5.70. The van der Waals surface area contributed by atoms with E-state index in [1.54, 1.807) is 4.90 Å². The molecule has 1 amide bonds. The molecular formula is C20H24ClN3O3. The van der Waals surface area contributed by atoms with Crippen molar-refractivity contribution in [1.29, 1.82) is 0 Å². The lowest BCUT2D eigenvalue weighted by atomic mass is 9.90. The Morgan fingerprint density at radius 1 is 1.30 bits per heavy atom. The van der Waals surface area contributed by atoms with Gasteiger partial charge in [-0.3, -0.25) is 14.2 Å². The number of aromatic nitrogens is 2. The van der Waals surface area contributed by atoms with E-state index in [9.17, 15) is 14.7 Å². The van der Waals surface area contributed by atoms with Crippen molar-refractivity contribution in [3.63, 3.8) is 0 Å². The molecule has 0 radical (unpaired) electrons. The Bertz CT molecular complexity index is 845. The fourth-order valence-electron chi connectivity index (χ4n) is 3.46. The third-order valence-corrected chi connectivity index (χ3v) is 5.41. The molecule has 1 aliphatic rings. The summed E-state index contributed by atoms with van der Waals surface area (Å²) in [4.78, 5) is 30.3. The van der Waals surface area contributed by atoms with E-state index < -0.39 is 5.60 Å². The smallest absolute Gasteiger partial charge is 0.254 e. The predicted molar refractivity (Wildman–Crippen MR) is 104 cm³/mol. The van der Waals surface area contributed by atoms with Gasteiger partial charge >= 0.3 is 0 Å². The van der Waals surface area contributed by atoms with Gasteiger partial charge in [0, 0.05) is 25.6 Å². The zero-order chi connectivity index (χ0) is 19.4. The fraction of sp³-hybridized carbons (Fsp3) is 0.450. The first kappa shape index (κ1) is 19.6. The minimum absolute atomic E-state index is 0.0960. The molecule has 1 aromatic carbocycles. The maximum absolute atomic E-state index is 12.6. The van der Waals surface area contributed by atoms with Gasteiger partial charge in [-0.05, 0) is 24.3 Å². The van der Waals surface area contributed by atoms with E-state index in [-0.39, 0.29) is 29.1 Å². The first-order valence-electron chi connectivity index (χ1n) is 9.13. The topological polar surface area (TPSA) is 75.4 Å². The van der Waals surface area contributed by atoms with E-state index in [1.165, 1.54) is 17.0 Å². The van der Waals surface area contributed by atoms with Crippen LogP contribution in [0.25, 0.3) is 0 Å². The molecule has 1 aliphatic heterocycles. The Morgan fingerprint density at radius 2 is 1.96 bits per heavy atom. The van der Waals surface area contributed by atoms with Gasteiger partial charge in [-0.2, -0.15) is 0 Å². The van der Waals surface area contributed by atoms with Crippen LogP contribution in [-0.4, -0.2) is 44.2 Å². The molecule has 7 heteroatoms. The molecular weight excluding hydrogens is 366 g/mol. The Balaban J connectivity index is 1.56. The average molecular weight is 390 g/mol. The Kier molecular flexibility index (Phi) is 5.97. The van der Waals surface area contributed by atoms with E-state index in [0.29, 0.717) is 32.4 Å². The molecule has 144 valence electrons. The zero-order valence-corrected chi connectivity index (χ0v) is 16.1. The fourth-order valence-corrected chi connectivity index (χ4v) is 3.60. The zero-order valence-electron chi connectivity index (χ0n) is 15.3. The maximum Gasteiger partial charge on any atom is 0.254 e. The van der Waals surface area contributed by atoms with Gasteiger partial charge in [-0.25, -0.2) is 4.98 Å². The highest BCUT2D eigenvalue weighted by Gasteiger charge is 2.34. The minimum Gasteiger partial charge on any atom is -0.388 e. The highest BCUT2D eigenvalue weighted by atomic mass is 35.5. The molecule has 2 heterocycles. The quantitative estimate of drug-likeness (QED) is 0.797. The molecule has 0 saturated carbocycles. The Hall–Kier alpha value is -2.18. The van der Waals surface area contributed by atoms with E-state index in [4.69, 9.17) is 11.6 Å². The summed E-state index contributed by atoms with van der Waals surface area (Å²) in [7, 11) is 0. The molecule has 1 aromatic heterocycles. The number of benzene rings is 1. The summed E-state index contributed by atoms with van der Waals surface area (Å²) in [6, 6.07) is 11.2. The molecule has 2 aromatic rings. The van der Waals surface area contributed by atoms with Crippen molar-refractivity contribution in [2.45, 2.75) is 44.2 Å². The number of likely N-dealkylation sites (tertiary alicyclic amines) is 1. The highest BCUT2D eigenvalue weighted by Crippen LogP contribution is 2.26. The number of rotatable bonds is 5. The van der Waals surface area contributed by atoms with Gasteiger partial charge in [-0.1, -0.05) is 48.9 Å². The summed E-state index contributed by atoms with van der Waals surface area (Å²) in [6.07, 6.45) is 2.64. The van der Waals surface area contributed by atoms with Gasteiger partial charge in [0.2, 0.25) is 5.91 Å². The molecule has 1 unspecified atom stereocenters. The normalized spacial score (nSPS) is 17.5. The standard InChI is InChI=1S/C20H24ClN3O3/c1-15(16-5-3-2-4-6-16)11-18(25)23-9-7-20(27,8-10-23)13-24-14-22-17(21)12-19(24)26/h2-6,12,14-15,27H,7-11,13H2,1H3. The number of aliphatic hydroxyl groups is 1. The van der Waals surface area contributed by atoms with Crippen LogP contribution in [0.3, 0.4) is 0 Å². The van der Waals surface area contributed by atoms with Crippen LogP contribution in [0.2, 0.25) is 5.15 Å². The summed E-state index contributed by atoms with van der Waals surface area (Å²) in [6.45, 7) is 3.16. The first-order valence-corrected chi connectivity index (χ1v) is 9.51. The molecule has 0 aliphatic carbocycles. The number of carbonyl (C=O) groups excluding carboxylic acids is 1. The highest BCUT2D eigenvalue weighted by molar-refractivity contribution is 6.29. The van der Waals surface area contributed by atoms with Gasteiger partial charge in [-0.15, -0.1) is 0 Å². The van der Waals surface area contributed by atoms with E-state index >= 15 is 0 Å². The Morgan fingerprint density at radius 3 is 2.59 bits per heavy atom. The van der Waals surface area contributed by atoms with Crippen LogP contribution in [0.4, 0.5) is 0 Å². The molecule has 1 fully saturated rings. The molecule has 1 atom stereocenters. The van der Waals surface area contributed by atoms with E-state index in [0.717, 1.165) is 5.56 Å². The van der Waals surface area contributed by atoms with Crippen LogP contribution >= 0.6 is 11.6 Å². The van der Waals surface area contributed by atoms with Gasteiger partial charge in [0.25, 0.3) is 5.56 Å². The van der Waals surface area contributed by atoms with Crippen LogP contribution in [0.5, 0.6) is 0 Å². The third-order valence-electron chi connectivity index (χ3n) is 5.21. The summed E-state index contributed by atoms with van der Waals surface area (Å²) < 4.78 is 1.36. The van der Waals surface area contributed by atoms with Gasteiger partial charge in [0.05, 0.1) is 18.5 Å². The van der Waals surface area contributed by atoms with Crippen LogP contribution in [-0.2, 0) is 11.3 Å². The van der Waals surface area contributed by atoms with Crippen LogP contribution in [0.1, 0.15) is 37.7 Å². The molecule has 3 rings (SSSR count). The van der Waals surface area contributed by atoms with Crippen molar-refractivity contribution in [3.8, 4) is 0 Å². The SMILES string of the molecule is CC(CC(=O)N1CCC(O)(Cn2cnc(Cl)cc2=O)CC1)c1ccccc1.